The average Bonchev–Trinajstić information content (AvgIpc) is 3.22. The van der Waals surface area contributed by atoms with E-state index >= 15 is 0 Å². The van der Waals surface area contributed by atoms with Crippen molar-refractivity contribution < 1.29 is 14.3 Å². The number of fused-ring (bicyclic) bond motifs is 1. The third-order valence-electron chi connectivity index (χ3n) is 4.95. The van der Waals surface area contributed by atoms with Gasteiger partial charge in [-0.3, -0.25) is 14.3 Å². The molecule has 0 radical (unpaired) electrons. The summed E-state index contributed by atoms with van der Waals surface area (Å²) >= 11 is 0. The van der Waals surface area contributed by atoms with Gasteiger partial charge >= 0.3 is 0 Å². The number of likely N-dealkylation sites (tertiary alicyclic amines) is 1. The number of hydrogen-bond acceptors (Lipinski definition) is 4. The van der Waals surface area contributed by atoms with Crippen molar-refractivity contribution in [1.29, 1.82) is 0 Å². The van der Waals surface area contributed by atoms with Gasteiger partial charge in [0.25, 0.3) is 5.91 Å². The van der Waals surface area contributed by atoms with E-state index in [9.17, 15) is 9.59 Å². The van der Waals surface area contributed by atoms with Crippen LogP contribution >= 0.6 is 0 Å². The fourth-order valence-corrected chi connectivity index (χ4v) is 3.95. The molecule has 3 aliphatic heterocycles. The molecule has 118 valence electrons. The van der Waals surface area contributed by atoms with Crippen molar-refractivity contribution in [3.8, 4) is 0 Å². The second kappa shape index (κ2) is 5.08. The summed E-state index contributed by atoms with van der Waals surface area (Å²) in [6.45, 7) is 1.37. The number of aryl methyl sites for hydroxylation is 1. The van der Waals surface area contributed by atoms with Crippen molar-refractivity contribution in [3.05, 3.63) is 12.4 Å². The lowest BCUT2D eigenvalue weighted by atomic mass is 10.1. The van der Waals surface area contributed by atoms with E-state index in [1.807, 2.05) is 23.0 Å². The van der Waals surface area contributed by atoms with E-state index in [1.165, 1.54) is 0 Å². The molecule has 2 amide bonds. The summed E-state index contributed by atoms with van der Waals surface area (Å²) in [4.78, 5) is 28.7. The lowest BCUT2D eigenvalue weighted by molar-refractivity contribution is -0.141. The Bertz CT molecular complexity index is 608. The van der Waals surface area contributed by atoms with Crippen molar-refractivity contribution in [2.45, 2.75) is 43.9 Å². The molecule has 0 saturated carbocycles. The zero-order chi connectivity index (χ0) is 15.3. The van der Waals surface area contributed by atoms with Crippen molar-refractivity contribution in [2.24, 2.45) is 7.05 Å². The maximum atomic E-state index is 12.6. The number of nitrogens with zero attached hydrogens (tertiary/aromatic N) is 4. The molecule has 0 bridgehead atoms. The molecule has 7 heteroatoms. The molecule has 0 aromatic carbocycles. The second-order valence-electron chi connectivity index (χ2n) is 6.30. The largest absolute Gasteiger partial charge is 0.368 e. The summed E-state index contributed by atoms with van der Waals surface area (Å²) in [5.41, 5.74) is 0.825. The predicted molar refractivity (Wildman–Crippen MR) is 78.2 cm³/mol. The maximum Gasteiger partial charge on any atom is 0.252 e. The molecule has 3 fully saturated rings. The molecule has 4 rings (SSSR count). The maximum absolute atomic E-state index is 12.6. The number of carbonyl (C=O) groups is 2. The van der Waals surface area contributed by atoms with E-state index in [2.05, 4.69) is 5.10 Å². The minimum Gasteiger partial charge on any atom is -0.368 e. The molecule has 1 aromatic heterocycles. The lowest BCUT2D eigenvalue weighted by Crippen LogP contribution is -2.44. The first-order valence-electron chi connectivity index (χ1n) is 7.88. The second-order valence-corrected chi connectivity index (χ2v) is 6.30. The first-order chi connectivity index (χ1) is 10.6. The van der Waals surface area contributed by atoms with Gasteiger partial charge in [0.15, 0.2) is 0 Å². The topological polar surface area (TPSA) is 67.7 Å². The first-order valence-corrected chi connectivity index (χ1v) is 7.88. The number of ether oxygens (including phenoxy) is 1. The van der Waals surface area contributed by atoms with E-state index in [0.29, 0.717) is 19.6 Å². The van der Waals surface area contributed by atoms with Gasteiger partial charge in [-0.05, 0) is 19.3 Å². The molecule has 3 aliphatic rings. The Kier molecular flexibility index (Phi) is 3.18. The fourth-order valence-electron chi connectivity index (χ4n) is 3.95. The Morgan fingerprint density at radius 1 is 1.36 bits per heavy atom. The van der Waals surface area contributed by atoms with Crippen LogP contribution in [0.2, 0.25) is 0 Å². The van der Waals surface area contributed by atoms with Crippen molar-refractivity contribution >= 4 is 17.5 Å². The van der Waals surface area contributed by atoms with E-state index in [0.717, 1.165) is 24.9 Å². The third kappa shape index (κ3) is 2.03. The third-order valence-corrected chi connectivity index (χ3v) is 4.95. The van der Waals surface area contributed by atoms with E-state index < -0.39 is 0 Å². The summed E-state index contributed by atoms with van der Waals surface area (Å²) in [6.07, 6.45) is 6.23. The van der Waals surface area contributed by atoms with Crippen molar-refractivity contribution in [3.63, 3.8) is 0 Å². The van der Waals surface area contributed by atoms with Crippen molar-refractivity contribution in [2.75, 3.05) is 18.1 Å². The van der Waals surface area contributed by atoms with Gasteiger partial charge in [-0.1, -0.05) is 0 Å². The van der Waals surface area contributed by atoms with E-state index in [-0.39, 0.29) is 30.0 Å². The van der Waals surface area contributed by atoms with Crippen molar-refractivity contribution in [1.82, 2.24) is 14.7 Å². The predicted octanol–water partition coefficient (Wildman–Crippen LogP) is 0.305. The van der Waals surface area contributed by atoms with Gasteiger partial charge < -0.3 is 14.5 Å². The molecule has 0 unspecified atom stereocenters. The van der Waals surface area contributed by atoms with Gasteiger partial charge in [0.05, 0.1) is 24.0 Å². The quantitative estimate of drug-likeness (QED) is 0.788. The number of carbonyl (C=O) groups excluding carboxylic acids is 2. The molecule has 7 nitrogen and oxygen atoms in total. The standard InChI is InChI=1S/C15H20N4O3/c1-17-9-10(8-16-17)19-11-4-5-18(12(11)7-14(19)20)15(21)13-3-2-6-22-13/h8-9,11-13H,2-7H2,1H3/t11-,12+,13-/m1/s1. The van der Waals surface area contributed by atoms with Crippen LogP contribution in [0.15, 0.2) is 12.4 Å². The number of anilines is 1. The van der Waals surface area contributed by atoms with Crippen LogP contribution in [0.3, 0.4) is 0 Å². The van der Waals surface area contributed by atoms with Crippen LogP contribution in [0.5, 0.6) is 0 Å². The highest BCUT2D eigenvalue weighted by molar-refractivity contribution is 5.98. The van der Waals surface area contributed by atoms with Gasteiger partial charge in [0, 0.05) is 32.8 Å². The molecule has 0 N–H and O–H groups in total. The zero-order valence-corrected chi connectivity index (χ0v) is 12.6. The number of hydrogen-bond donors (Lipinski definition) is 0. The SMILES string of the molecule is Cn1cc(N2C(=O)C[C@H]3[C@H]2CCN3C(=O)[C@H]2CCCO2)cn1. The Morgan fingerprint density at radius 2 is 2.23 bits per heavy atom. The van der Waals surface area contributed by atoms with E-state index in [1.54, 1.807) is 10.9 Å². The molecule has 3 atom stereocenters. The number of aromatic nitrogens is 2. The Balaban J connectivity index is 1.55. The van der Waals surface area contributed by atoms with Crippen LogP contribution in [0, 0.1) is 0 Å². The van der Waals surface area contributed by atoms with Crippen LogP contribution in [0.4, 0.5) is 5.69 Å². The normalized spacial score (nSPS) is 31.1. The minimum absolute atomic E-state index is 0.0237. The molecule has 22 heavy (non-hydrogen) atoms. The zero-order valence-electron chi connectivity index (χ0n) is 12.6. The molecular weight excluding hydrogens is 284 g/mol. The smallest absolute Gasteiger partial charge is 0.252 e. The van der Waals surface area contributed by atoms with Crippen LogP contribution in [0.1, 0.15) is 25.7 Å². The summed E-state index contributed by atoms with van der Waals surface area (Å²) in [5, 5.41) is 4.15. The fraction of sp³-hybridized carbons (Fsp3) is 0.667. The molecule has 0 spiro atoms. The molecule has 0 aliphatic carbocycles. The minimum atomic E-state index is -0.304. The van der Waals surface area contributed by atoms with Gasteiger partial charge in [0.2, 0.25) is 5.91 Å². The van der Waals surface area contributed by atoms with Crippen LogP contribution < -0.4 is 4.90 Å². The summed E-state index contributed by atoms with van der Waals surface area (Å²) in [6, 6.07) is 0.0476. The highest BCUT2D eigenvalue weighted by Gasteiger charge is 2.50. The molecule has 3 saturated heterocycles. The molecule has 4 heterocycles. The van der Waals surface area contributed by atoms with Gasteiger partial charge in [0.1, 0.15) is 6.10 Å². The van der Waals surface area contributed by atoms with Gasteiger partial charge in [-0.15, -0.1) is 0 Å². The van der Waals surface area contributed by atoms with Crippen LogP contribution in [-0.2, 0) is 21.4 Å². The number of amides is 2. The summed E-state index contributed by atoms with van der Waals surface area (Å²) < 4.78 is 7.21. The summed E-state index contributed by atoms with van der Waals surface area (Å²) in [5.74, 6) is 0.138. The Hall–Kier alpha value is -1.89. The average molecular weight is 304 g/mol. The first kappa shape index (κ1) is 13.8. The Labute approximate surface area is 128 Å². The summed E-state index contributed by atoms with van der Waals surface area (Å²) in [7, 11) is 1.84. The van der Waals surface area contributed by atoms with E-state index in [4.69, 9.17) is 4.74 Å². The highest BCUT2D eigenvalue weighted by atomic mass is 16.5. The lowest BCUT2D eigenvalue weighted by Gasteiger charge is -2.26. The van der Waals surface area contributed by atoms with Crippen LogP contribution in [0.25, 0.3) is 0 Å². The van der Waals surface area contributed by atoms with Crippen LogP contribution in [-0.4, -0.2) is 57.8 Å². The number of rotatable bonds is 2. The molecular formula is C15H20N4O3. The Morgan fingerprint density at radius 3 is 2.91 bits per heavy atom. The van der Waals surface area contributed by atoms with Gasteiger partial charge in [-0.25, -0.2) is 0 Å². The monoisotopic (exact) mass is 304 g/mol. The highest BCUT2D eigenvalue weighted by Crippen LogP contribution is 2.36. The molecule has 1 aromatic rings. The van der Waals surface area contributed by atoms with Gasteiger partial charge in [-0.2, -0.15) is 5.10 Å².